The number of hydrogen-bond donors (Lipinski definition) is 0. The zero-order valence-corrected chi connectivity index (χ0v) is 8.81. The fourth-order valence-corrected chi connectivity index (χ4v) is 1.33. The highest BCUT2D eigenvalue weighted by molar-refractivity contribution is 6.57. The van der Waals surface area contributed by atoms with Gasteiger partial charge in [-0.2, -0.15) is 20.5 Å². The van der Waals surface area contributed by atoms with Gasteiger partial charge < -0.3 is 0 Å². The highest BCUT2D eigenvalue weighted by atomic mass is 35.5. The molecule has 16 heavy (non-hydrogen) atoms. The quantitative estimate of drug-likeness (QED) is 0.496. The summed E-state index contributed by atoms with van der Waals surface area (Å²) in [6.07, 6.45) is 2.50. The molecule has 0 saturated heterocycles. The van der Waals surface area contributed by atoms with Gasteiger partial charge in [-0.15, -0.1) is 0 Å². The van der Waals surface area contributed by atoms with Crippen molar-refractivity contribution in [3.63, 3.8) is 0 Å². The lowest BCUT2D eigenvalue weighted by Crippen LogP contribution is -2.16. The highest BCUT2D eigenvalue weighted by Crippen LogP contribution is 2.32. The minimum atomic E-state index is -1.20. The summed E-state index contributed by atoms with van der Waals surface area (Å²) >= 11 is 10.8. The molecule has 1 aliphatic rings. The van der Waals surface area contributed by atoms with Gasteiger partial charge in [0.2, 0.25) is 12.4 Å². The first-order valence-corrected chi connectivity index (χ1v) is 4.35. The van der Waals surface area contributed by atoms with E-state index in [1.807, 2.05) is 0 Å². The van der Waals surface area contributed by atoms with E-state index in [-0.39, 0.29) is 0 Å². The Labute approximate surface area is 98.4 Å². The number of nitriles is 2. The second-order valence-electron chi connectivity index (χ2n) is 2.38. The maximum absolute atomic E-state index is 13.4. The van der Waals surface area contributed by atoms with Crippen LogP contribution in [0.15, 0.2) is 31.7 Å². The Kier molecular flexibility index (Phi) is 3.73. The second kappa shape index (κ2) is 4.84. The van der Waals surface area contributed by atoms with Crippen LogP contribution in [0.1, 0.15) is 0 Å². The maximum atomic E-state index is 13.4. The molecular weight excluding hydrogens is 261 g/mol. The number of halogens is 4. The van der Waals surface area contributed by atoms with Crippen molar-refractivity contribution in [1.29, 1.82) is 10.5 Å². The Balaban J connectivity index is 3.52. The summed E-state index contributed by atoms with van der Waals surface area (Å²) in [5.41, 5.74) is -1.44. The first-order chi connectivity index (χ1) is 7.54. The molecule has 0 heterocycles. The van der Waals surface area contributed by atoms with Crippen LogP contribution in [0.4, 0.5) is 8.78 Å². The minimum absolute atomic E-state index is 0.719. The van der Waals surface area contributed by atoms with Crippen LogP contribution in [-0.2, 0) is 0 Å². The molecule has 0 saturated carbocycles. The summed E-state index contributed by atoms with van der Waals surface area (Å²) in [5.74, 6) is -2.41. The van der Waals surface area contributed by atoms with Crippen LogP contribution in [0.3, 0.4) is 0 Å². The molecule has 0 atom stereocenters. The van der Waals surface area contributed by atoms with Crippen molar-refractivity contribution >= 4 is 34.6 Å². The van der Waals surface area contributed by atoms with Gasteiger partial charge in [-0.3, -0.25) is 0 Å². The smallest absolute Gasteiger partial charge is 0.203 e. The molecule has 0 N–H and O–H groups in total. The van der Waals surface area contributed by atoms with E-state index in [0.717, 1.165) is 0 Å². The SMILES string of the molecule is N#CN=C1C(F)=C(Cl)C(=NC#N)C(F)=C1Cl. The van der Waals surface area contributed by atoms with Crippen molar-refractivity contribution in [3.05, 3.63) is 21.7 Å². The van der Waals surface area contributed by atoms with Gasteiger partial charge in [0.05, 0.1) is 0 Å². The summed E-state index contributed by atoms with van der Waals surface area (Å²) < 4.78 is 26.8. The average Bonchev–Trinajstić information content (AvgIpc) is 2.28. The molecule has 4 nitrogen and oxygen atoms in total. The van der Waals surface area contributed by atoms with Crippen molar-refractivity contribution in [1.82, 2.24) is 0 Å². The molecule has 1 rings (SSSR count). The lowest BCUT2D eigenvalue weighted by atomic mass is 10.1. The Morgan fingerprint density at radius 2 is 1.19 bits per heavy atom. The Morgan fingerprint density at radius 1 is 0.875 bits per heavy atom. The van der Waals surface area contributed by atoms with E-state index in [1.165, 1.54) is 12.4 Å². The molecule has 0 unspecified atom stereocenters. The maximum Gasteiger partial charge on any atom is 0.206 e. The van der Waals surface area contributed by atoms with Gasteiger partial charge in [0, 0.05) is 0 Å². The first-order valence-electron chi connectivity index (χ1n) is 3.60. The molecule has 0 aromatic heterocycles. The number of allylic oxidation sites excluding steroid dienone is 4. The van der Waals surface area contributed by atoms with Crippen LogP contribution < -0.4 is 0 Å². The predicted molar refractivity (Wildman–Crippen MR) is 54.1 cm³/mol. The average molecular weight is 261 g/mol. The molecular formula is C8Cl2F2N4. The van der Waals surface area contributed by atoms with Gasteiger partial charge >= 0.3 is 0 Å². The Morgan fingerprint density at radius 3 is 1.44 bits per heavy atom. The molecule has 1 aliphatic carbocycles. The molecule has 80 valence electrons. The third-order valence-electron chi connectivity index (χ3n) is 1.54. The van der Waals surface area contributed by atoms with Crippen molar-refractivity contribution in [2.24, 2.45) is 9.98 Å². The van der Waals surface area contributed by atoms with Crippen LogP contribution in [0.2, 0.25) is 0 Å². The topological polar surface area (TPSA) is 72.3 Å². The third kappa shape index (κ3) is 1.94. The fraction of sp³-hybridized carbons (Fsp3) is 0. The van der Waals surface area contributed by atoms with E-state index in [9.17, 15) is 8.78 Å². The van der Waals surface area contributed by atoms with Gasteiger partial charge in [0.25, 0.3) is 0 Å². The molecule has 0 spiro atoms. The first kappa shape index (κ1) is 12.3. The summed E-state index contributed by atoms with van der Waals surface area (Å²) in [6.45, 7) is 0. The Bertz CT molecular complexity index is 467. The number of nitrogens with zero attached hydrogens (tertiary/aromatic N) is 4. The van der Waals surface area contributed by atoms with Crippen molar-refractivity contribution in [2.75, 3.05) is 0 Å². The fourth-order valence-electron chi connectivity index (χ4n) is 0.905. The van der Waals surface area contributed by atoms with Gasteiger partial charge in [0.1, 0.15) is 21.5 Å². The number of hydrogen-bond acceptors (Lipinski definition) is 4. The van der Waals surface area contributed by atoms with Crippen molar-refractivity contribution < 1.29 is 8.78 Å². The van der Waals surface area contributed by atoms with Crippen LogP contribution in [0, 0.1) is 22.9 Å². The lowest BCUT2D eigenvalue weighted by molar-refractivity contribution is 0.658. The van der Waals surface area contributed by atoms with E-state index in [0.29, 0.717) is 0 Å². The molecule has 0 fully saturated rings. The largest absolute Gasteiger partial charge is 0.206 e. The third-order valence-corrected chi connectivity index (χ3v) is 2.23. The summed E-state index contributed by atoms with van der Waals surface area (Å²) in [4.78, 5) is 5.96. The van der Waals surface area contributed by atoms with Crippen LogP contribution in [0.5, 0.6) is 0 Å². The van der Waals surface area contributed by atoms with Crippen LogP contribution in [-0.4, -0.2) is 11.4 Å². The van der Waals surface area contributed by atoms with Gasteiger partial charge in [0.15, 0.2) is 11.7 Å². The lowest BCUT2D eigenvalue weighted by Gasteiger charge is -2.12. The number of rotatable bonds is 0. The normalized spacial score (nSPS) is 21.4. The molecule has 0 bridgehead atoms. The van der Waals surface area contributed by atoms with Crippen LogP contribution in [0.25, 0.3) is 0 Å². The van der Waals surface area contributed by atoms with E-state index in [2.05, 4.69) is 9.98 Å². The monoisotopic (exact) mass is 260 g/mol. The molecule has 0 radical (unpaired) electrons. The Hall–Kier alpha value is -1.76. The van der Waals surface area contributed by atoms with E-state index < -0.39 is 33.1 Å². The minimum Gasteiger partial charge on any atom is -0.203 e. The van der Waals surface area contributed by atoms with Crippen molar-refractivity contribution in [3.8, 4) is 12.4 Å². The van der Waals surface area contributed by atoms with Gasteiger partial charge in [-0.05, 0) is 0 Å². The standard InChI is InChI=1S/C8Cl2F2N4/c9-3-6(12)8(16-2-14)4(10)5(11)7(3)15-1-13. The number of aliphatic imine (C=N–C) groups is 2. The molecule has 0 amide bonds. The zero-order chi connectivity index (χ0) is 12.3. The van der Waals surface area contributed by atoms with Crippen molar-refractivity contribution in [2.45, 2.75) is 0 Å². The summed E-state index contributed by atoms with van der Waals surface area (Å²) in [6, 6.07) is 0. The second-order valence-corrected chi connectivity index (χ2v) is 3.13. The molecule has 0 aromatic carbocycles. The van der Waals surface area contributed by atoms with E-state index in [1.54, 1.807) is 0 Å². The van der Waals surface area contributed by atoms with Crippen LogP contribution >= 0.6 is 23.2 Å². The van der Waals surface area contributed by atoms with E-state index in [4.69, 9.17) is 33.7 Å². The zero-order valence-electron chi connectivity index (χ0n) is 7.30. The summed E-state index contributed by atoms with van der Waals surface area (Å²) in [7, 11) is 0. The molecule has 0 aromatic rings. The van der Waals surface area contributed by atoms with E-state index >= 15 is 0 Å². The summed E-state index contributed by atoms with van der Waals surface area (Å²) in [5, 5.41) is 15.0. The van der Waals surface area contributed by atoms with Gasteiger partial charge in [-0.1, -0.05) is 23.2 Å². The molecule has 0 aliphatic heterocycles. The predicted octanol–water partition coefficient (Wildman–Crippen LogP) is 2.68. The molecule has 8 heteroatoms. The highest BCUT2D eigenvalue weighted by Gasteiger charge is 2.31. The van der Waals surface area contributed by atoms with Gasteiger partial charge in [-0.25, -0.2) is 8.78 Å².